The maximum absolute atomic E-state index is 10.3. The minimum Gasteiger partial charge on any atom is -0.392 e. The van der Waals surface area contributed by atoms with Gasteiger partial charge in [0.1, 0.15) is 0 Å². The molecule has 0 amide bonds. The molecular formula is C5H12NO5P. The van der Waals surface area contributed by atoms with Crippen LogP contribution in [0.1, 0.15) is 6.42 Å². The van der Waals surface area contributed by atoms with Crippen molar-refractivity contribution in [1.82, 2.24) is 5.32 Å². The van der Waals surface area contributed by atoms with E-state index in [9.17, 15) is 4.57 Å². The Balaban J connectivity index is 2.21. The Morgan fingerprint density at radius 1 is 1.58 bits per heavy atom. The molecule has 0 aromatic carbocycles. The van der Waals surface area contributed by atoms with Gasteiger partial charge in [-0.1, -0.05) is 0 Å². The third kappa shape index (κ3) is 3.62. The van der Waals surface area contributed by atoms with Crippen LogP contribution < -0.4 is 5.32 Å². The van der Waals surface area contributed by atoms with Crippen molar-refractivity contribution in [2.45, 2.75) is 18.6 Å². The summed E-state index contributed by atoms with van der Waals surface area (Å²) in [7, 11) is -4.36. The number of nitrogens with one attached hydrogen (secondary N) is 1. The lowest BCUT2D eigenvalue weighted by Crippen LogP contribution is -2.26. The summed E-state index contributed by atoms with van der Waals surface area (Å²) in [6.07, 6.45) is 0.0374. The van der Waals surface area contributed by atoms with Crippen LogP contribution in [0.4, 0.5) is 0 Å². The van der Waals surface area contributed by atoms with Crippen LogP contribution in [0.2, 0.25) is 0 Å². The number of phosphoric ester groups is 1. The van der Waals surface area contributed by atoms with Gasteiger partial charge < -0.3 is 20.2 Å². The second kappa shape index (κ2) is 3.83. The zero-order chi connectivity index (χ0) is 9.19. The van der Waals surface area contributed by atoms with Crippen LogP contribution in [0.3, 0.4) is 0 Å². The Bertz CT molecular complexity index is 192. The number of hydrogen-bond donors (Lipinski definition) is 4. The highest BCUT2D eigenvalue weighted by Crippen LogP contribution is 2.36. The lowest BCUT2D eigenvalue weighted by atomic mass is 10.2. The van der Waals surface area contributed by atoms with Crippen LogP contribution in [-0.2, 0) is 9.09 Å². The van der Waals surface area contributed by atoms with Crippen LogP contribution in [0.15, 0.2) is 0 Å². The minimum atomic E-state index is -4.36. The van der Waals surface area contributed by atoms with Crippen molar-refractivity contribution < 1.29 is 24.0 Å². The van der Waals surface area contributed by atoms with Gasteiger partial charge in [0.15, 0.2) is 0 Å². The molecular weight excluding hydrogens is 185 g/mol. The highest BCUT2D eigenvalue weighted by molar-refractivity contribution is 7.46. The number of phosphoric acid groups is 1. The average Bonchev–Trinajstić information content (AvgIpc) is 2.30. The van der Waals surface area contributed by atoms with E-state index in [0.717, 1.165) is 0 Å². The van der Waals surface area contributed by atoms with Crippen LogP contribution in [0, 0.1) is 0 Å². The van der Waals surface area contributed by atoms with Gasteiger partial charge in [0.05, 0.1) is 12.7 Å². The largest absolute Gasteiger partial charge is 0.469 e. The van der Waals surface area contributed by atoms with Gasteiger partial charge in [0.2, 0.25) is 0 Å². The summed E-state index contributed by atoms with van der Waals surface area (Å²) in [5, 5.41) is 11.9. The van der Waals surface area contributed by atoms with Gasteiger partial charge in [-0.2, -0.15) is 0 Å². The Kier molecular flexibility index (Phi) is 3.22. The second-order valence-corrected chi connectivity index (χ2v) is 4.02. The monoisotopic (exact) mass is 197 g/mol. The minimum absolute atomic E-state index is 0.0681. The van der Waals surface area contributed by atoms with E-state index in [4.69, 9.17) is 14.9 Å². The fourth-order valence-electron chi connectivity index (χ4n) is 1.11. The van der Waals surface area contributed by atoms with Crippen molar-refractivity contribution in [3.8, 4) is 0 Å². The summed E-state index contributed by atoms with van der Waals surface area (Å²) in [6, 6.07) is -0.160. The lowest BCUT2D eigenvalue weighted by molar-refractivity contribution is 0.166. The van der Waals surface area contributed by atoms with Gasteiger partial charge in [-0.25, -0.2) is 4.57 Å². The Hall–Kier alpha value is 0.0300. The molecule has 2 atom stereocenters. The molecule has 0 saturated carbocycles. The SMILES string of the molecule is O=P(O)(O)OCC1CC(O)CN1. The molecule has 12 heavy (non-hydrogen) atoms. The summed E-state index contributed by atoms with van der Waals surface area (Å²) < 4.78 is 14.5. The normalized spacial score (nSPS) is 30.9. The molecule has 7 heteroatoms. The van der Waals surface area contributed by atoms with Gasteiger partial charge in [-0.15, -0.1) is 0 Å². The predicted molar refractivity (Wildman–Crippen MR) is 40.4 cm³/mol. The quantitative estimate of drug-likeness (QED) is 0.425. The number of rotatable bonds is 3. The molecule has 0 spiro atoms. The van der Waals surface area contributed by atoms with Gasteiger partial charge in [-0.05, 0) is 6.42 Å². The predicted octanol–water partition coefficient (Wildman–Crippen LogP) is -1.18. The standard InChI is InChI=1S/C5H12NO5P/c7-5-1-4(6-2-5)3-11-12(8,9)10/h4-7H,1-3H2,(H2,8,9,10). The van der Waals surface area contributed by atoms with Gasteiger partial charge in [0, 0.05) is 12.6 Å². The molecule has 1 aliphatic rings. The van der Waals surface area contributed by atoms with E-state index >= 15 is 0 Å². The summed E-state index contributed by atoms with van der Waals surface area (Å²) in [4.78, 5) is 16.7. The fourth-order valence-corrected chi connectivity index (χ4v) is 1.49. The smallest absolute Gasteiger partial charge is 0.392 e. The maximum Gasteiger partial charge on any atom is 0.469 e. The molecule has 1 fully saturated rings. The van der Waals surface area contributed by atoms with E-state index in [0.29, 0.717) is 13.0 Å². The molecule has 1 heterocycles. The van der Waals surface area contributed by atoms with Crippen LogP contribution in [0.25, 0.3) is 0 Å². The lowest BCUT2D eigenvalue weighted by Gasteiger charge is -2.10. The van der Waals surface area contributed by atoms with Crippen molar-refractivity contribution in [2.75, 3.05) is 13.2 Å². The van der Waals surface area contributed by atoms with E-state index in [2.05, 4.69) is 9.84 Å². The van der Waals surface area contributed by atoms with Crippen molar-refractivity contribution in [1.29, 1.82) is 0 Å². The number of aliphatic hydroxyl groups is 1. The molecule has 0 radical (unpaired) electrons. The Morgan fingerprint density at radius 3 is 2.67 bits per heavy atom. The van der Waals surface area contributed by atoms with E-state index < -0.39 is 13.9 Å². The molecule has 0 bridgehead atoms. The first-order chi connectivity index (χ1) is 5.47. The summed E-state index contributed by atoms with van der Waals surface area (Å²) in [5.41, 5.74) is 0. The van der Waals surface area contributed by atoms with Crippen molar-refractivity contribution >= 4 is 7.82 Å². The molecule has 0 aliphatic carbocycles. The van der Waals surface area contributed by atoms with Gasteiger partial charge >= 0.3 is 7.82 Å². The Labute approximate surface area is 69.8 Å². The van der Waals surface area contributed by atoms with E-state index in [1.807, 2.05) is 0 Å². The van der Waals surface area contributed by atoms with Gasteiger partial charge in [0.25, 0.3) is 0 Å². The number of β-amino-alcohol motifs (C(OH)–C–C–N with tert-alkyl or cyclic N) is 1. The molecule has 1 saturated heterocycles. The average molecular weight is 197 g/mol. The van der Waals surface area contributed by atoms with Crippen LogP contribution in [0.5, 0.6) is 0 Å². The summed E-state index contributed by atoms with van der Waals surface area (Å²) in [6.45, 7) is 0.385. The molecule has 0 aromatic heterocycles. The summed E-state index contributed by atoms with van der Waals surface area (Å²) in [5.74, 6) is 0. The second-order valence-electron chi connectivity index (χ2n) is 2.78. The first kappa shape index (κ1) is 10.1. The van der Waals surface area contributed by atoms with Crippen molar-refractivity contribution in [3.63, 3.8) is 0 Å². The third-order valence-electron chi connectivity index (χ3n) is 1.64. The summed E-state index contributed by atoms with van der Waals surface area (Å²) >= 11 is 0. The zero-order valence-corrected chi connectivity index (χ0v) is 7.28. The zero-order valence-electron chi connectivity index (χ0n) is 6.38. The fraction of sp³-hybridized carbons (Fsp3) is 1.00. The molecule has 1 rings (SSSR count). The molecule has 1 aliphatic heterocycles. The van der Waals surface area contributed by atoms with E-state index in [1.165, 1.54) is 0 Å². The molecule has 2 unspecified atom stereocenters. The number of hydrogen-bond acceptors (Lipinski definition) is 4. The number of aliphatic hydroxyl groups excluding tert-OH is 1. The molecule has 0 aromatic rings. The highest BCUT2D eigenvalue weighted by Gasteiger charge is 2.25. The van der Waals surface area contributed by atoms with Crippen molar-refractivity contribution in [2.24, 2.45) is 0 Å². The molecule has 4 N–H and O–H groups in total. The topological polar surface area (TPSA) is 99.0 Å². The third-order valence-corrected chi connectivity index (χ3v) is 2.13. The van der Waals surface area contributed by atoms with Crippen LogP contribution in [-0.4, -0.2) is 40.2 Å². The van der Waals surface area contributed by atoms with E-state index in [1.54, 1.807) is 0 Å². The maximum atomic E-state index is 10.3. The van der Waals surface area contributed by atoms with Crippen molar-refractivity contribution in [3.05, 3.63) is 0 Å². The van der Waals surface area contributed by atoms with Gasteiger partial charge in [-0.3, -0.25) is 4.52 Å². The molecule has 72 valence electrons. The highest BCUT2D eigenvalue weighted by atomic mass is 31.2. The Morgan fingerprint density at radius 2 is 2.25 bits per heavy atom. The molecule has 6 nitrogen and oxygen atoms in total. The van der Waals surface area contributed by atoms with E-state index in [-0.39, 0.29) is 12.6 Å². The first-order valence-corrected chi connectivity index (χ1v) is 5.12. The first-order valence-electron chi connectivity index (χ1n) is 3.59. The van der Waals surface area contributed by atoms with Crippen LogP contribution >= 0.6 is 7.82 Å².